The highest BCUT2D eigenvalue weighted by Gasteiger charge is 2.16. The fourth-order valence-electron chi connectivity index (χ4n) is 3.55. The number of rotatable bonds is 5. The highest BCUT2D eigenvalue weighted by molar-refractivity contribution is 7.80. The van der Waals surface area contributed by atoms with Crippen molar-refractivity contribution < 1.29 is 4.57 Å². The van der Waals surface area contributed by atoms with Gasteiger partial charge in [-0.05, 0) is 30.2 Å². The van der Waals surface area contributed by atoms with Gasteiger partial charge in [-0.25, -0.2) is 9.55 Å². The van der Waals surface area contributed by atoms with E-state index in [0.717, 1.165) is 25.1 Å². The Bertz CT molecular complexity index is 997. The molecular weight excluding hydrogens is 314 g/mol. The number of hydrogen-bond donors (Lipinski definition) is 2. The molecule has 2 heterocycles. The lowest BCUT2D eigenvalue weighted by atomic mass is 10.1. The van der Waals surface area contributed by atoms with Crippen molar-refractivity contribution in [3.05, 3.63) is 66.1 Å². The standard InChI is InChI=1S/C20H21N3S/c1-22-19-9-5-3-7-17(19)21-20(22)11-10-15-14-23(12-13-24)18-8-4-2-6-16(15)18/h2-9,14,24H,10-13H2,1H3/p+1. The number of aryl methyl sites for hydroxylation is 4. The van der Waals surface area contributed by atoms with E-state index in [0.29, 0.717) is 0 Å². The van der Waals surface area contributed by atoms with Crippen LogP contribution in [0, 0.1) is 0 Å². The number of nitrogens with one attached hydrogen (secondary N) is 1. The first-order valence-corrected chi connectivity index (χ1v) is 9.04. The third-order valence-corrected chi connectivity index (χ3v) is 4.99. The normalized spacial score (nSPS) is 11.6. The molecule has 1 N–H and O–H groups in total. The van der Waals surface area contributed by atoms with Crippen LogP contribution in [0.2, 0.25) is 0 Å². The predicted molar refractivity (Wildman–Crippen MR) is 103 cm³/mol. The highest BCUT2D eigenvalue weighted by atomic mass is 32.1. The summed E-state index contributed by atoms with van der Waals surface area (Å²) in [5.41, 5.74) is 5.17. The van der Waals surface area contributed by atoms with E-state index in [1.54, 1.807) is 0 Å². The molecule has 0 bridgehead atoms. The van der Waals surface area contributed by atoms with Gasteiger partial charge in [-0.15, -0.1) is 0 Å². The van der Waals surface area contributed by atoms with E-state index in [4.69, 9.17) is 0 Å². The average molecular weight is 336 g/mol. The molecule has 122 valence electrons. The van der Waals surface area contributed by atoms with Gasteiger partial charge in [0.05, 0.1) is 13.5 Å². The molecule has 0 aliphatic carbocycles. The van der Waals surface area contributed by atoms with Gasteiger partial charge in [0, 0.05) is 29.4 Å². The maximum Gasteiger partial charge on any atom is 0.255 e. The van der Waals surface area contributed by atoms with E-state index in [9.17, 15) is 0 Å². The van der Waals surface area contributed by atoms with Gasteiger partial charge >= 0.3 is 0 Å². The summed E-state index contributed by atoms with van der Waals surface area (Å²) in [6.45, 7) is 0.948. The van der Waals surface area contributed by atoms with Gasteiger partial charge in [-0.2, -0.15) is 12.6 Å². The second kappa shape index (κ2) is 6.36. The van der Waals surface area contributed by atoms with Crippen molar-refractivity contribution in [2.75, 3.05) is 5.75 Å². The Hall–Kier alpha value is -2.20. The Labute approximate surface area is 147 Å². The Balaban J connectivity index is 1.65. The van der Waals surface area contributed by atoms with Crippen LogP contribution in [0.1, 0.15) is 11.4 Å². The third kappa shape index (κ3) is 2.61. The molecule has 0 aliphatic heterocycles. The fourth-order valence-corrected chi connectivity index (χ4v) is 3.77. The number of fused-ring (bicyclic) bond motifs is 2. The minimum Gasteiger partial charge on any atom is -0.346 e. The number of thiol groups is 1. The fraction of sp³-hybridized carbons (Fsp3) is 0.250. The first-order chi connectivity index (χ1) is 11.8. The molecule has 0 fully saturated rings. The van der Waals surface area contributed by atoms with Crippen LogP contribution >= 0.6 is 12.6 Å². The zero-order valence-corrected chi connectivity index (χ0v) is 14.8. The predicted octanol–water partition coefficient (Wildman–Crippen LogP) is 3.66. The molecule has 3 nitrogen and oxygen atoms in total. The topological polar surface area (TPSA) is 24.6 Å². The molecule has 2 aromatic carbocycles. The average Bonchev–Trinajstić information content (AvgIpc) is 3.12. The first-order valence-electron chi connectivity index (χ1n) is 8.41. The summed E-state index contributed by atoms with van der Waals surface area (Å²) < 4.78 is 4.59. The van der Waals surface area contributed by atoms with Crippen LogP contribution in [0.5, 0.6) is 0 Å². The lowest BCUT2D eigenvalue weighted by molar-refractivity contribution is -0.652. The molecule has 2 aromatic heterocycles. The number of benzene rings is 2. The summed E-state index contributed by atoms with van der Waals surface area (Å²) in [5.74, 6) is 2.12. The van der Waals surface area contributed by atoms with Crippen LogP contribution in [0.15, 0.2) is 54.7 Å². The third-order valence-electron chi connectivity index (χ3n) is 4.79. The lowest BCUT2D eigenvalue weighted by Gasteiger charge is -2.00. The summed E-state index contributed by atoms with van der Waals surface area (Å²) in [7, 11) is 2.14. The van der Waals surface area contributed by atoms with E-state index in [1.807, 2.05) is 0 Å². The molecule has 0 atom stereocenters. The lowest BCUT2D eigenvalue weighted by Crippen LogP contribution is -2.31. The van der Waals surface area contributed by atoms with Crippen LogP contribution in [0.25, 0.3) is 21.9 Å². The molecule has 0 aliphatic rings. The number of aromatic amines is 1. The maximum absolute atomic E-state index is 4.39. The largest absolute Gasteiger partial charge is 0.346 e. The summed E-state index contributed by atoms with van der Waals surface area (Å²) in [5, 5.41) is 1.36. The van der Waals surface area contributed by atoms with Crippen molar-refractivity contribution in [3.63, 3.8) is 0 Å². The zero-order chi connectivity index (χ0) is 16.5. The van der Waals surface area contributed by atoms with Crippen LogP contribution in [0.4, 0.5) is 0 Å². The van der Waals surface area contributed by atoms with Crippen molar-refractivity contribution >= 4 is 34.6 Å². The number of para-hydroxylation sites is 3. The summed E-state index contributed by atoms with van der Waals surface area (Å²) in [4.78, 5) is 3.56. The van der Waals surface area contributed by atoms with Crippen LogP contribution in [-0.4, -0.2) is 15.3 Å². The second-order valence-electron chi connectivity index (χ2n) is 6.24. The minimum absolute atomic E-state index is 0.856. The van der Waals surface area contributed by atoms with Gasteiger partial charge < -0.3 is 4.57 Å². The molecule has 0 unspecified atom stereocenters. The number of nitrogens with zero attached hydrogens (tertiary/aromatic N) is 2. The molecule has 0 saturated heterocycles. The van der Waals surface area contributed by atoms with Crippen molar-refractivity contribution in [1.29, 1.82) is 0 Å². The molecule has 0 amide bonds. The molecule has 24 heavy (non-hydrogen) atoms. The maximum atomic E-state index is 4.39. The van der Waals surface area contributed by atoms with Gasteiger partial charge in [0.1, 0.15) is 0 Å². The van der Waals surface area contributed by atoms with E-state index in [1.165, 1.54) is 33.3 Å². The van der Waals surface area contributed by atoms with E-state index in [-0.39, 0.29) is 0 Å². The first kappa shape index (κ1) is 15.3. The minimum atomic E-state index is 0.856. The molecule has 4 rings (SSSR count). The van der Waals surface area contributed by atoms with Gasteiger partial charge in [0.15, 0.2) is 11.0 Å². The molecule has 0 radical (unpaired) electrons. The van der Waals surface area contributed by atoms with E-state index < -0.39 is 0 Å². The van der Waals surface area contributed by atoms with Crippen molar-refractivity contribution in [2.24, 2.45) is 7.05 Å². The summed E-state index contributed by atoms with van der Waals surface area (Å²) in [6, 6.07) is 17.1. The van der Waals surface area contributed by atoms with Gasteiger partial charge in [0.2, 0.25) is 0 Å². The van der Waals surface area contributed by atoms with Crippen molar-refractivity contribution in [1.82, 2.24) is 9.55 Å². The molecule has 4 heteroatoms. The smallest absolute Gasteiger partial charge is 0.255 e. The number of H-pyrrole nitrogens is 1. The van der Waals surface area contributed by atoms with Gasteiger partial charge in [0.25, 0.3) is 5.82 Å². The number of hydrogen-bond acceptors (Lipinski definition) is 1. The van der Waals surface area contributed by atoms with Crippen molar-refractivity contribution in [2.45, 2.75) is 19.4 Å². The van der Waals surface area contributed by atoms with Gasteiger partial charge in [-0.3, -0.25) is 0 Å². The zero-order valence-electron chi connectivity index (χ0n) is 13.9. The monoisotopic (exact) mass is 336 g/mol. The van der Waals surface area contributed by atoms with Crippen LogP contribution < -0.4 is 4.57 Å². The second-order valence-corrected chi connectivity index (χ2v) is 6.68. The molecule has 0 spiro atoms. The molecule has 0 saturated carbocycles. The summed E-state index contributed by atoms with van der Waals surface area (Å²) in [6.07, 6.45) is 4.32. The van der Waals surface area contributed by atoms with Crippen LogP contribution in [-0.2, 0) is 26.4 Å². The van der Waals surface area contributed by atoms with Crippen molar-refractivity contribution in [3.8, 4) is 0 Å². The van der Waals surface area contributed by atoms with E-state index >= 15 is 0 Å². The Morgan fingerprint density at radius 1 is 1.04 bits per heavy atom. The molecule has 4 aromatic rings. The van der Waals surface area contributed by atoms with Gasteiger partial charge in [-0.1, -0.05) is 30.3 Å². The number of aromatic nitrogens is 3. The quantitative estimate of drug-likeness (QED) is 0.411. The van der Waals surface area contributed by atoms with E-state index in [2.05, 4.69) is 88.5 Å². The Morgan fingerprint density at radius 2 is 1.83 bits per heavy atom. The van der Waals surface area contributed by atoms with Crippen LogP contribution in [0.3, 0.4) is 0 Å². The molecular formula is C20H22N3S+. The Morgan fingerprint density at radius 3 is 2.67 bits per heavy atom. The summed E-state index contributed by atoms with van der Waals surface area (Å²) >= 11 is 4.39. The highest BCUT2D eigenvalue weighted by Crippen LogP contribution is 2.23. The number of imidazole rings is 1. The SMILES string of the molecule is C[n+]1c(CCc2cn(CCS)c3ccccc23)[nH]c2ccccc21. The Kier molecular flexibility index (Phi) is 4.07.